The zero-order valence-electron chi connectivity index (χ0n) is 35.9. The molecule has 7 fully saturated rings. The van der Waals surface area contributed by atoms with E-state index >= 15 is 0 Å². The van der Waals surface area contributed by atoms with Gasteiger partial charge >= 0.3 is 5.97 Å². The molecule has 7 aliphatic rings. The number of carbonyl (C=O) groups is 1. The molecule has 5 saturated carbocycles. The van der Waals surface area contributed by atoms with Crippen LogP contribution in [0.2, 0.25) is 0 Å². The lowest BCUT2D eigenvalue weighted by Crippen LogP contribution is -2.64. The lowest BCUT2D eigenvalue weighted by atomic mass is 9.41. The van der Waals surface area contributed by atoms with E-state index in [-0.39, 0.29) is 51.9 Å². The molecule has 2 saturated heterocycles. The van der Waals surface area contributed by atoms with E-state index < -0.39 is 104 Å². The minimum absolute atomic E-state index is 0.0376. The maximum absolute atomic E-state index is 12.3. The van der Waals surface area contributed by atoms with E-state index in [0.717, 1.165) is 44.1 Å². The van der Waals surface area contributed by atoms with Gasteiger partial charge in [0.15, 0.2) is 18.7 Å². The first-order valence-corrected chi connectivity index (χ1v) is 22.0. The van der Waals surface area contributed by atoms with Crippen LogP contribution in [0, 0.1) is 50.7 Å². The second-order valence-corrected chi connectivity index (χ2v) is 20.8. The Bertz CT molecular complexity index is 1560. The Hall–Kier alpha value is -1.31. The number of carbonyl (C=O) groups excluding carboxylic acids is 1. The molecule has 0 amide bonds. The number of aliphatic hydroxyl groups excluding tert-OH is 9. The van der Waals surface area contributed by atoms with Crippen LogP contribution >= 0.6 is 0 Å². The molecule has 0 bridgehead atoms. The number of aliphatic hydroxyl groups is 9. The Morgan fingerprint density at radius 1 is 0.797 bits per heavy atom. The molecule has 59 heavy (non-hydrogen) atoms. The predicted molar refractivity (Wildman–Crippen MR) is 210 cm³/mol. The fourth-order valence-electron chi connectivity index (χ4n) is 14.6. The topological polar surface area (TPSA) is 245 Å². The van der Waals surface area contributed by atoms with Crippen molar-refractivity contribution >= 4 is 5.97 Å². The highest BCUT2D eigenvalue weighted by Crippen LogP contribution is 2.89. The Morgan fingerprint density at radius 3 is 2.08 bits per heavy atom. The molecular formula is C44H72O15. The summed E-state index contributed by atoms with van der Waals surface area (Å²) in [6, 6.07) is 0. The summed E-state index contributed by atoms with van der Waals surface area (Å²) in [5.41, 5.74) is -0.0147. The summed E-state index contributed by atoms with van der Waals surface area (Å²) in [4.78, 5) is 12.0. The SMILES string of the molecule is CC(=O)OC1C(OC2CCC34CC35CCC3(C)C(C(C)CCC=C(C)COC6OC(CO)C(O)C(O)C6O)C(O)CC3(C)C5CC(O)C4C2(C)C)OC(CO)C(O)C1O. The van der Waals surface area contributed by atoms with Crippen LogP contribution in [0.4, 0.5) is 0 Å². The molecule has 5 aliphatic carbocycles. The third-order valence-electron chi connectivity index (χ3n) is 17.5. The molecule has 2 spiro atoms. The van der Waals surface area contributed by atoms with Crippen LogP contribution in [-0.2, 0) is 28.5 Å². The highest BCUT2D eigenvalue weighted by Gasteiger charge is 2.84. The number of rotatable bonds is 12. The molecule has 15 heteroatoms. The molecule has 21 atom stereocenters. The van der Waals surface area contributed by atoms with Crippen molar-refractivity contribution in [1.29, 1.82) is 0 Å². The monoisotopic (exact) mass is 840 g/mol. The molecule has 7 rings (SSSR count). The predicted octanol–water partition coefficient (Wildman–Crippen LogP) is 1.30. The van der Waals surface area contributed by atoms with Crippen molar-refractivity contribution in [2.75, 3.05) is 19.8 Å². The maximum atomic E-state index is 12.3. The normalized spacial score (nSPS) is 52.1. The number of hydrogen-bond acceptors (Lipinski definition) is 15. The first-order valence-electron chi connectivity index (χ1n) is 22.0. The Labute approximate surface area is 348 Å². The van der Waals surface area contributed by atoms with Crippen LogP contribution in [0.1, 0.15) is 106 Å². The highest BCUT2D eigenvalue weighted by molar-refractivity contribution is 5.66. The molecule has 0 aromatic rings. The van der Waals surface area contributed by atoms with Gasteiger partial charge in [-0.3, -0.25) is 4.79 Å². The second-order valence-electron chi connectivity index (χ2n) is 20.8. The molecule has 0 radical (unpaired) electrons. The van der Waals surface area contributed by atoms with Gasteiger partial charge in [0.2, 0.25) is 0 Å². The number of hydrogen-bond donors (Lipinski definition) is 9. The Morgan fingerprint density at radius 2 is 1.44 bits per heavy atom. The Kier molecular flexibility index (Phi) is 12.7. The van der Waals surface area contributed by atoms with Crippen molar-refractivity contribution in [3.8, 4) is 0 Å². The fourth-order valence-corrected chi connectivity index (χ4v) is 14.6. The van der Waals surface area contributed by atoms with Crippen LogP contribution in [0.25, 0.3) is 0 Å². The molecular weight excluding hydrogens is 768 g/mol. The lowest BCUT2D eigenvalue weighted by molar-refractivity contribution is -0.330. The highest BCUT2D eigenvalue weighted by atomic mass is 16.7. The van der Waals surface area contributed by atoms with Gasteiger partial charge in [0, 0.05) is 6.92 Å². The zero-order chi connectivity index (χ0) is 43.2. The summed E-state index contributed by atoms with van der Waals surface area (Å²) < 4.78 is 29.1. The molecule has 9 N–H and O–H groups in total. The molecule has 2 aliphatic heterocycles. The standard InChI is InChI=1S/C44H72O15/c1-21(19-55-38-35(54)33(52)31(50)26(17-45)57-38)9-8-10-22(2)30-25(49)16-42(7)28-15-24(48)37-40(4,5)29(11-12-44(37)20-43(28,44)14-13-41(30,42)6)59-39-36(56-23(3)47)34(53)32(51)27(18-46)58-39/h9,22,24-39,45-46,48-54H,8,10-20H2,1-7H3. The summed E-state index contributed by atoms with van der Waals surface area (Å²) in [5, 5.41) is 95.6. The average Bonchev–Trinajstić information content (AvgIpc) is 3.76. The van der Waals surface area contributed by atoms with Crippen LogP contribution in [-0.4, -0.2) is 151 Å². The van der Waals surface area contributed by atoms with E-state index in [1.807, 2.05) is 6.92 Å². The van der Waals surface area contributed by atoms with Crippen LogP contribution in [0.15, 0.2) is 11.6 Å². The van der Waals surface area contributed by atoms with E-state index in [1.54, 1.807) is 0 Å². The van der Waals surface area contributed by atoms with Crippen LogP contribution in [0.3, 0.4) is 0 Å². The van der Waals surface area contributed by atoms with Crippen molar-refractivity contribution in [3.63, 3.8) is 0 Å². The van der Waals surface area contributed by atoms with Gasteiger partial charge in [-0.25, -0.2) is 0 Å². The number of fused-ring (bicyclic) bond motifs is 2. The fraction of sp³-hybridized carbons (Fsp3) is 0.932. The van der Waals surface area contributed by atoms with Gasteiger partial charge in [0.1, 0.15) is 42.7 Å². The van der Waals surface area contributed by atoms with Crippen molar-refractivity contribution in [1.82, 2.24) is 0 Å². The average molecular weight is 841 g/mol. The zero-order valence-corrected chi connectivity index (χ0v) is 35.9. The van der Waals surface area contributed by atoms with Crippen molar-refractivity contribution in [2.24, 2.45) is 50.7 Å². The van der Waals surface area contributed by atoms with Gasteiger partial charge in [-0.2, -0.15) is 0 Å². The minimum Gasteiger partial charge on any atom is -0.454 e. The summed E-state index contributed by atoms with van der Waals surface area (Å²) in [6.45, 7) is 13.4. The van der Waals surface area contributed by atoms with Gasteiger partial charge in [0.25, 0.3) is 0 Å². The van der Waals surface area contributed by atoms with Crippen molar-refractivity contribution < 1.29 is 74.4 Å². The van der Waals surface area contributed by atoms with Crippen molar-refractivity contribution in [3.05, 3.63) is 11.6 Å². The van der Waals surface area contributed by atoms with Crippen LogP contribution < -0.4 is 0 Å². The smallest absolute Gasteiger partial charge is 0.303 e. The molecule has 0 aromatic carbocycles. The van der Waals surface area contributed by atoms with Crippen molar-refractivity contribution in [2.45, 2.75) is 186 Å². The molecule has 15 nitrogen and oxygen atoms in total. The first kappa shape index (κ1) is 45.7. The van der Waals surface area contributed by atoms with E-state index in [2.05, 4.69) is 40.7 Å². The molecule has 338 valence electrons. The van der Waals surface area contributed by atoms with Gasteiger partial charge in [-0.05, 0) is 115 Å². The quantitative estimate of drug-likeness (QED) is 0.0764. The van der Waals surface area contributed by atoms with Gasteiger partial charge < -0.3 is 69.6 Å². The van der Waals surface area contributed by atoms with Gasteiger partial charge in [-0.1, -0.05) is 46.3 Å². The Balaban J connectivity index is 1.02. The third kappa shape index (κ3) is 7.18. The third-order valence-corrected chi connectivity index (χ3v) is 17.5. The largest absolute Gasteiger partial charge is 0.454 e. The molecule has 2 heterocycles. The summed E-state index contributed by atoms with van der Waals surface area (Å²) in [5.74, 6) is -0.221. The van der Waals surface area contributed by atoms with E-state index in [9.17, 15) is 50.8 Å². The number of ether oxygens (including phenoxy) is 5. The summed E-state index contributed by atoms with van der Waals surface area (Å²) in [6.07, 6.45) is -5.19. The number of esters is 1. The molecule has 0 aromatic heterocycles. The first-order chi connectivity index (χ1) is 27.6. The summed E-state index contributed by atoms with van der Waals surface area (Å²) in [7, 11) is 0. The summed E-state index contributed by atoms with van der Waals surface area (Å²) >= 11 is 0. The molecule has 21 unspecified atom stereocenters. The van der Waals surface area contributed by atoms with Crippen LogP contribution in [0.5, 0.6) is 0 Å². The van der Waals surface area contributed by atoms with E-state index in [1.165, 1.54) is 6.92 Å². The van der Waals surface area contributed by atoms with E-state index in [4.69, 9.17) is 23.7 Å². The number of allylic oxidation sites excluding steroid dienone is 1. The lowest BCUT2D eigenvalue weighted by Gasteiger charge is -2.64. The minimum atomic E-state index is -1.51. The van der Waals surface area contributed by atoms with Gasteiger partial charge in [-0.15, -0.1) is 0 Å². The second kappa shape index (κ2) is 16.4. The maximum Gasteiger partial charge on any atom is 0.303 e. The van der Waals surface area contributed by atoms with E-state index in [0.29, 0.717) is 19.3 Å². The van der Waals surface area contributed by atoms with Gasteiger partial charge in [0.05, 0.1) is 38.1 Å².